The van der Waals surface area contributed by atoms with Crippen molar-refractivity contribution in [1.82, 2.24) is 0 Å². The average molecular weight is 657 g/mol. The fourth-order valence-corrected chi connectivity index (χ4v) is 6.53. The van der Waals surface area contributed by atoms with Crippen LogP contribution >= 0.6 is 0 Å². The molecule has 254 valence electrons. The van der Waals surface area contributed by atoms with E-state index in [0.717, 1.165) is 35.6 Å². The molecule has 2 heteroatoms. The average Bonchev–Trinajstić information content (AvgIpc) is 3.19. The van der Waals surface area contributed by atoms with E-state index >= 15 is 0 Å². The van der Waals surface area contributed by atoms with E-state index in [4.69, 9.17) is 0 Å². The molecule has 0 aromatic heterocycles. The number of benzene rings is 7. The first-order valence-corrected chi connectivity index (χ1v) is 18.4. The van der Waals surface area contributed by atoms with Crippen molar-refractivity contribution in [2.75, 3.05) is 9.80 Å². The third-order valence-electron chi connectivity index (χ3n) is 9.11. The highest BCUT2D eigenvalue weighted by Crippen LogP contribution is 2.50. The van der Waals surface area contributed by atoms with E-state index in [0.29, 0.717) is 0 Å². The molecule has 0 amide bonds. The van der Waals surface area contributed by atoms with Crippen molar-refractivity contribution in [3.8, 4) is 0 Å². The molecule has 0 aliphatic rings. The Hall–Kier alpha value is -5.34. The van der Waals surface area contributed by atoms with Gasteiger partial charge in [0.15, 0.2) is 0 Å². The first-order chi connectivity index (χ1) is 24.6. The second kappa shape index (κ2) is 16.9. The Kier molecular flexibility index (Phi) is 12.1. The molecular weight excluding hydrogens is 605 g/mol. The summed E-state index contributed by atoms with van der Waals surface area (Å²) in [5.74, 6) is 0. The summed E-state index contributed by atoms with van der Waals surface area (Å²) in [5, 5.41) is 4.83. The van der Waals surface area contributed by atoms with Gasteiger partial charge in [0.2, 0.25) is 0 Å². The Morgan fingerprint density at radius 1 is 0.340 bits per heavy atom. The van der Waals surface area contributed by atoms with Crippen LogP contribution in [-0.2, 0) is 12.8 Å². The van der Waals surface area contributed by atoms with E-state index in [1.54, 1.807) is 0 Å². The quantitative estimate of drug-likeness (QED) is 0.119. The highest BCUT2D eigenvalue weighted by Gasteiger charge is 2.25. The molecule has 0 unspecified atom stereocenters. The van der Waals surface area contributed by atoms with Gasteiger partial charge in [-0.2, -0.15) is 0 Å². The molecule has 0 N–H and O–H groups in total. The molecule has 0 fully saturated rings. The van der Waals surface area contributed by atoms with Crippen LogP contribution in [0.25, 0.3) is 21.5 Å². The molecule has 0 aliphatic carbocycles. The van der Waals surface area contributed by atoms with E-state index in [1.807, 2.05) is 27.7 Å². The molecule has 7 rings (SSSR count). The maximum Gasteiger partial charge on any atom is 0.0619 e. The Labute approximate surface area is 300 Å². The lowest BCUT2D eigenvalue weighted by molar-refractivity contribution is 1.14. The summed E-state index contributed by atoms with van der Waals surface area (Å²) in [6.45, 7) is 16.7. The largest absolute Gasteiger partial charge is 0.309 e. The van der Waals surface area contributed by atoms with Crippen LogP contribution in [0.1, 0.15) is 63.8 Å². The highest BCUT2D eigenvalue weighted by molar-refractivity contribution is 6.23. The first kappa shape index (κ1) is 36.0. The number of fused-ring (bicyclic) bond motifs is 2. The fourth-order valence-electron chi connectivity index (χ4n) is 6.53. The number of hydrogen-bond donors (Lipinski definition) is 0. The normalized spacial score (nSPS) is 10.6. The van der Waals surface area contributed by atoms with Gasteiger partial charge < -0.3 is 9.80 Å². The van der Waals surface area contributed by atoms with Crippen LogP contribution in [0.15, 0.2) is 146 Å². The minimum atomic E-state index is 1.01. The van der Waals surface area contributed by atoms with Gasteiger partial charge in [-0.05, 0) is 86.3 Å². The van der Waals surface area contributed by atoms with Gasteiger partial charge in [-0.3, -0.25) is 0 Å². The maximum absolute atomic E-state index is 2.44. The predicted molar refractivity (Wildman–Crippen MR) is 222 cm³/mol. The van der Waals surface area contributed by atoms with E-state index in [2.05, 4.69) is 183 Å². The van der Waals surface area contributed by atoms with Gasteiger partial charge in [-0.25, -0.2) is 0 Å². The Balaban J connectivity index is 0.00000117. The van der Waals surface area contributed by atoms with Gasteiger partial charge in [-0.1, -0.05) is 150 Å². The third-order valence-corrected chi connectivity index (χ3v) is 9.11. The molecule has 0 heterocycles. The molecule has 7 aromatic rings. The molecule has 0 bridgehead atoms. The zero-order valence-corrected chi connectivity index (χ0v) is 31.2. The number of aryl methyl sites for hydroxylation is 4. The molecule has 0 saturated carbocycles. The van der Waals surface area contributed by atoms with Gasteiger partial charge >= 0.3 is 0 Å². The summed E-state index contributed by atoms with van der Waals surface area (Å²) in [6, 6.07) is 53.8. The van der Waals surface area contributed by atoms with Crippen molar-refractivity contribution in [3.63, 3.8) is 0 Å². The van der Waals surface area contributed by atoms with Crippen LogP contribution in [0, 0.1) is 13.8 Å². The molecule has 0 saturated heterocycles. The molecular formula is C48H52N2. The number of hydrogen-bond acceptors (Lipinski definition) is 2. The standard InChI is InChI=1S/C44H40N2.2C2H6/c1-5-33-19-27-37(28-20-33)45(35-23-15-31(3)16-24-35)43-39-11-7-9-13-41(39)44(42-14-10-8-12-40(42)43)46(36-25-17-32(4)18-26-36)38-29-21-34(6-2)22-30-38;2*1-2/h7-30H,5-6H2,1-4H3;2*1-2H3. The minimum absolute atomic E-state index is 1.01. The zero-order valence-electron chi connectivity index (χ0n) is 31.2. The predicted octanol–water partition coefficient (Wildman–Crippen LogP) is 14.7. The summed E-state index contributed by atoms with van der Waals surface area (Å²) < 4.78 is 0. The first-order valence-electron chi connectivity index (χ1n) is 18.4. The third kappa shape index (κ3) is 7.31. The lowest BCUT2D eigenvalue weighted by Gasteiger charge is -2.33. The topological polar surface area (TPSA) is 6.48 Å². The molecule has 2 nitrogen and oxygen atoms in total. The molecule has 0 atom stereocenters. The summed E-state index contributed by atoms with van der Waals surface area (Å²) >= 11 is 0. The maximum atomic E-state index is 2.44. The van der Waals surface area contributed by atoms with Gasteiger partial charge in [-0.15, -0.1) is 0 Å². The van der Waals surface area contributed by atoms with Gasteiger partial charge in [0.1, 0.15) is 0 Å². The van der Waals surface area contributed by atoms with Crippen molar-refractivity contribution in [2.24, 2.45) is 0 Å². The number of rotatable bonds is 8. The van der Waals surface area contributed by atoms with Crippen LogP contribution in [0.4, 0.5) is 34.1 Å². The van der Waals surface area contributed by atoms with Crippen molar-refractivity contribution in [2.45, 2.75) is 68.2 Å². The molecule has 0 radical (unpaired) electrons. The monoisotopic (exact) mass is 656 g/mol. The van der Waals surface area contributed by atoms with Gasteiger partial charge in [0.25, 0.3) is 0 Å². The van der Waals surface area contributed by atoms with Crippen molar-refractivity contribution in [3.05, 3.63) is 168 Å². The van der Waals surface area contributed by atoms with E-state index in [9.17, 15) is 0 Å². The van der Waals surface area contributed by atoms with Gasteiger partial charge in [0, 0.05) is 44.3 Å². The summed E-state index contributed by atoms with van der Waals surface area (Å²) in [4.78, 5) is 4.89. The molecule has 7 aromatic carbocycles. The summed E-state index contributed by atoms with van der Waals surface area (Å²) in [5.41, 5.74) is 12.1. The lowest BCUT2D eigenvalue weighted by Crippen LogP contribution is -2.14. The van der Waals surface area contributed by atoms with Crippen LogP contribution in [0.5, 0.6) is 0 Å². The van der Waals surface area contributed by atoms with Crippen molar-refractivity contribution in [1.29, 1.82) is 0 Å². The highest BCUT2D eigenvalue weighted by atomic mass is 15.2. The second-order valence-electron chi connectivity index (χ2n) is 12.2. The Bertz CT molecular complexity index is 1900. The van der Waals surface area contributed by atoms with E-state index in [1.165, 1.54) is 55.2 Å². The van der Waals surface area contributed by atoms with Crippen LogP contribution in [0.3, 0.4) is 0 Å². The Morgan fingerprint density at radius 2 is 0.580 bits per heavy atom. The molecule has 0 aliphatic heterocycles. The van der Waals surface area contributed by atoms with E-state index in [-0.39, 0.29) is 0 Å². The molecule has 50 heavy (non-hydrogen) atoms. The fraction of sp³-hybridized carbons (Fsp3) is 0.208. The second-order valence-corrected chi connectivity index (χ2v) is 12.2. The van der Waals surface area contributed by atoms with Crippen molar-refractivity contribution < 1.29 is 0 Å². The van der Waals surface area contributed by atoms with E-state index < -0.39 is 0 Å². The zero-order chi connectivity index (χ0) is 35.6. The molecule has 0 spiro atoms. The Morgan fingerprint density at radius 3 is 0.820 bits per heavy atom. The van der Waals surface area contributed by atoms with Crippen LogP contribution in [-0.4, -0.2) is 0 Å². The lowest BCUT2D eigenvalue weighted by atomic mass is 9.95. The number of nitrogens with zero attached hydrogens (tertiary/aromatic N) is 2. The van der Waals surface area contributed by atoms with Crippen LogP contribution in [0.2, 0.25) is 0 Å². The van der Waals surface area contributed by atoms with Gasteiger partial charge in [0.05, 0.1) is 11.4 Å². The number of anilines is 6. The minimum Gasteiger partial charge on any atom is -0.309 e. The van der Waals surface area contributed by atoms with Crippen LogP contribution < -0.4 is 9.80 Å². The summed E-state index contributed by atoms with van der Waals surface area (Å²) in [7, 11) is 0. The van der Waals surface area contributed by atoms with Crippen molar-refractivity contribution >= 4 is 55.7 Å². The SMILES string of the molecule is CC.CC.CCc1ccc(N(c2ccc(C)cc2)c2c3ccccc3c(N(c3ccc(C)cc3)c3ccc(CC)cc3)c3ccccc23)cc1. The summed E-state index contributed by atoms with van der Waals surface area (Å²) in [6.07, 6.45) is 2.03. The smallest absolute Gasteiger partial charge is 0.0619 e.